The van der Waals surface area contributed by atoms with Gasteiger partial charge in [-0.05, 0) is 32.0 Å². The molecule has 108 valence electrons. The highest BCUT2D eigenvalue weighted by Gasteiger charge is 2.25. The zero-order chi connectivity index (χ0) is 15.0. The predicted octanol–water partition coefficient (Wildman–Crippen LogP) is 3.50. The standard InChI is InChI=1S/C15H14ClN3OS/c1-9-12(8-17-10(2)18-9)15(20)19-5-6-21-14-4-3-11(16)7-13(14)19/h3-4,7-8H,5-6H2,1-2H3. The molecule has 4 nitrogen and oxygen atoms in total. The number of aromatic nitrogens is 2. The molecule has 0 N–H and O–H groups in total. The van der Waals surface area contributed by atoms with Crippen LogP contribution in [0.25, 0.3) is 0 Å². The minimum atomic E-state index is -0.0729. The van der Waals surface area contributed by atoms with E-state index in [1.807, 2.05) is 32.0 Å². The summed E-state index contributed by atoms with van der Waals surface area (Å²) in [6.45, 7) is 4.30. The number of hydrogen-bond donors (Lipinski definition) is 0. The van der Waals surface area contributed by atoms with Gasteiger partial charge in [-0.15, -0.1) is 11.8 Å². The van der Waals surface area contributed by atoms with Crippen molar-refractivity contribution in [3.63, 3.8) is 0 Å². The van der Waals surface area contributed by atoms with Crippen molar-refractivity contribution in [2.24, 2.45) is 0 Å². The molecule has 0 unspecified atom stereocenters. The molecule has 0 radical (unpaired) electrons. The molecule has 1 aromatic heterocycles. The van der Waals surface area contributed by atoms with E-state index < -0.39 is 0 Å². The number of halogens is 1. The number of benzene rings is 1. The summed E-state index contributed by atoms with van der Waals surface area (Å²) in [4.78, 5) is 24.0. The smallest absolute Gasteiger partial charge is 0.261 e. The Labute approximate surface area is 132 Å². The molecule has 1 aliphatic rings. The van der Waals surface area contributed by atoms with Crippen LogP contribution in [0, 0.1) is 13.8 Å². The van der Waals surface area contributed by atoms with Crippen molar-refractivity contribution in [3.8, 4) is 0 Å². The van der Waals surface area contributed by atoms with Gasteiger partial charge in [0.1, 0.15) is 5.82 Å². The largest absolute Gasteiger partial charge is 0.306 e. The zero-order valence-electron chi connectivity index (χ0n) is 11.8. The molecular weight excluding hydrogens is 306 g/mol. The van der Waals surface area contributed by atoms with Gasteiger partial charge in [0.05, 0.1) is 16.9 Å². The van der Waals surface area contributed by atoms with Crippen LogP contribution in [0.5, 0.6) is 0 Å². The van der Waals surface area contributed by atoms with E-state index in [4.69, 9.17) is 11.6 Å². The van der Waals surface area contributed by atoms with Crippen LogP contribution in [0.4, 0.5) is 5.69 Å². The fourth-order valence-electron chi connectivity index (χ4n) is 2.34. The molecule has 0 aliphatic carbocycles. The molecule has 0 atom stereocenters. The van der Waals surface area contributed by atoms with E-state index in [9.17, 15) is 4.79 Å². The molecule has 0 saturated carbocycles. The first-order valence-corrected chi connectivity index (χ1v) is 7.97. The normalized spacial score (nSPS) is 14.0. The molecule has 0 spiro atoms. The molecule has 21 heavy (non-hydrogen) atoms. The Balaban J connectivity index is 2.02. The van der Waals surface area contributed by atoms with Gasteiger partial charge in [-0.25, -0.2) is 9.97 Å². The fraction of sp³-hybridized carbons (Fsp3) is 0.267. The Bertz CT molecular complexity index is 720. The van der Waals surface area contributed by atoms with Crippen molar-refractivity contribution in [1.29, 1.82) is 0 Å². The topological polar surface area (TPSA) is 46.1 Å². The Morgan fingerprint density at radius 3 is 2.95 bits per heavy atom. The number of amides is 1. The number of rotatable bonds is 1. The summed E-state index contributed by atoms with van der Waals surface area (Å²) in [6.07, 6.45) is 1.60. The molecule has 3 rings (SSSR count). The first-order valence-electron chi connectivity index (χ1n) is 6.61. The van der Waals surface area contributed by atoms with Crippen LogP contribution >= 0.6 is 23.4 Å². The molecule has 2 heterocycles. The summed E-state index contributed by atoms with van der Waals surface area (Å²) < 4.78 is 0. The number of carbonyl (C=O) groups is 1. The SMILES string of the molecule is Cc1ncc(C(=O)N2CCSc3ccc(Cl)cc32)c(C)n1. The molecule has 2 aromatic rings. The van der Waals surface area contributed by atoms with Crippen LogP contribution in [0.2, 0.25) is 5.02 Å². The lowest BCUT2D eigenvalue weighted by atomic mass is 10.2. The van der Waals surface area contributed by atoms with Crippen molar-refractivity contribution in [3.05, 3.63) is 46.5 Å². The number of nitrogens with zero attached hydrogens (tertiary/aromatic N) is 3. The van der Waals surface area contributed by atoms with Crippen molar-refractivity contribution < 1.29 is 4.79 Å². The van der Waals surface area contributed by atoms with Gasteiger partial charge in [-0.3, -0.25) is 4.79 Å². The minimum absolute atomic E-state index is 0.0729. The fourth-order valence-corrected chi connectivity index (χ4v) is 3.48. The first kappa shape index (κ1) is 14.4. The maximum Gasteiger partial charge on any atom is 0.261 e. The van der Waals surface area contributed by atoms with E-state index in [1.165, 1.54) is 0 Å². The molecule has 1 aliphatic heterocycles. The number of fused-ring (bicyclic) bond motifs is 1. The maximum absolute atomic E-state index is 12.8. The van der Waals surface area contributed by atoms with Crippen LogP contribution in [-0.2, 0) is 0 Å². The highest BCUT2D eigenvalue weighted by atomic mass is 35.5. The highest BCUT2D eigenvalue weighted by Crippen LogP contribution is 2.37. The molecule has 6 heteroatoms. The van der Waals surface area contributed by atoms with Crippen molar-refractivity contribution in [2.75, 3.05) is 17.2 Å². The van der Waals surface area contributed by atoms with Crippen LogP contribution in [-0.4, -0.2) is 28.2 Å². The summed E-state index contributed by atoms with van der Waals surface area (Å²) in [5.41, 5.74) is 2.11. The Morgan fingerprint density at radius 2 is 2.19 bits per heavy atom. The van der Waals surface area contributed by atoms with Gasteiger partial charge >= 0.3 is 0 Å². The van der Waals surface area contributed by atoms with E-state index in [2.05, 4.69) is 9.97 Å². The average molecular weight is 320 g/mol. The number of hydrogen-bond acceptors (Lipinski definition) is 4. The van der Waals surface area contributed by atoms with Gasteiger partial charge in [0.15, 0.2) is 0 Å². The van der Waals surface area contributed by atoms with E-state index in [0.29, 0.717) is 28.6 Å². The van der Waals surface area contributed by atoms with Crippen molar-refractivity contribution in [2.45, 2.75) is 18.7 Å². The third-order valence-corrected chi connectivity index (χ3v) is 4.64. The summed E-state index contributed by atoms with van der Waals surface area (Å²) >= 11 is 7.81. The van der Waals surface area contributed by atoms with Gasteiger partial charge in [-0.1, -0.05) is 11.6 Å². The van der Waals surface area contributed by atoms with Gasteiger partial charge in [0.2, 0.25) is 0 Å². The number of carbonyl (C=O) groups excluding carboxylic acids is 1. The quantitative estimate of drug-likeness (QED) is 0.807. The Kier molecular flexibility index (Phi) is 3.87. The van der Waals surface area contributed by atoms with Crippen LogP contribution < -0.4 is 4.90 Å². The molecular formula is C15H14ClN3OS. The number of aryl methyl sites for hydroxylation is 2. The molecule has 0 fully saturated rings. The van der Waals surface area contributed by atoms with Crippen LogP contribution in [0.1, 0.15) is 21.9 Å². The molecule has 1 aromatic carbocycles. The predicted molar refractivity (Wildman–Crippen MR) is 85.4 cm³/mol. The first-order chi connectivity index (χ1) is 10.1. The third-order valence-electron chi connectivity index (χ3n) is 3.36. The lowest BCUT2D eigenvalue weighted by Gasteiger charge is -2.29. The molecule has 0 saturated heterocycles. The lowest BCUT2D eigenvalue weighted by molar-refractivity contribution is 0.0986. The summed E-state index contributed by atoms with van der Waals surface area (Å²) in [5.74, 6) is 1.46. The van der Waals surface area contributed by atoms with Gasteiger partial charge < -0.3 is 4.90 Å². The summed E-state index contributed by atoms with van der Waals surface area (Å²) in [6, 6.07) is 5.65. The third kappa shape index (κ3) is 2.76. The van der Waals surface area contributed by atoms with Crippen molar-refractivity contribution in [1.82, 2.24) is 9.97 Å². The maximum atomic E-state index is 12.8. The summed E-state index contributed by atoms with van der Waals surface area (Å²) in [7, 11) is 0. The molecule has 0 bridgehead atoms. The zero-order valence-corrected chi connectivity index (χ0v) is 13.3. The second-order valence-corrected chi connectivity index (χ2v) is 6.41. The Hall–Kier alpha value is -1.59. The summed E-state index contributed by atoms with van der Waals surface area (Å²) in [5, 5.41) is 0.630. The number of thioether (sulfide) groups is 1. The Morgan fingerprint density at radius 1 is 1.38 bits per heavy atom. The second kappa shape index (κ2) is 5.66. The van der Waals surface area contributed by atoms with E-state index in [-0.39, 0.29) is 5.91 Å². The lowest BCUT2D eigenvalue weighted by Crippen LogP contribution is -2.36. The van der Waals surface area contributed by atoms with Crippen molar-refractivity contribution >= 4 is 35.0 Å². The van der Waals surface area contributed by atoms with E-state index in [0.717, 1.165) is 16.3 Å². The van der Waals surface area contributed by atoms with Gasteiger partial charge in [-0.2, -0.15) is 0 Å². The number of anilines is 1. The van der Waals surface area contributed by atoms with Gasteiger partial charge in [0, 0.05) is 28.4 Å². The van der Waals surface area contributed by atoms with Gasteiger partial charge in [0.25, 0.3) is 5.91 Å². The van der Waals surface area contributed by atoms with E-state index >= 15 is 0 Å². The minimum Gasteiger partial charge on any atom is -0.306 e. The van der Waals surface area contributed by atoms with Crippen LogP contribution in [0.3, 0.4) is 0 Å². The highest BCUT2D eigenvalue weighted by molar-refractivity contribution is 7.99. The second-order valence-electron chi connectivity index (χ2n) is 4.83. The average Bonchev–Trinajstić information content (AvgIpc) is 2.46. The van der Waals surface area contributed by atoms with Crippen LogP contribution in [0.15, 0.2) is 29.3 Å². The van der Waals surface area contributed by atoms with E-state index in [1.54, 1.807) is 22.9 Å². The monoisotopic (exact) mass is 319 g/mol. The molecule has 1 amide bonds.